The Hall–Kier alpha value is -2.16. The number of amides is 1. The minimum Gasteiger partial charge on any atom is -0.345 e. The molecule has 0 spiro atoms. The van der Waals surface area contributed by atoms with Gasteiger partial charge in [-0.25, -0.2) is 4.39 Å². The molecule has 0 saturated heterocycles. The van der Waals surface area contributed by atoms with Crippen LogP contribution in [-0.2, 0) is 4.79 Å². The maximum absolute atomic E-state index is 13.0. The van der Waals surface area contributed by atoms with Crippen molar-refractivity contribution in [2.24, 2.45) is 0 Å². The number of benzene rings is 2. The topological polar surface area (TPSA) is 29.1 Å². The van der Waals surface area contributed by atoms with E-state index in [1.165, 1.54) is 12.1 Å². The van der Waals surface area contributed by atoms with Gasteiger partial charge in [0.05, 0.1) is 6.04 Å². The number of rotatable bonds is 4. The smallest absolute Gasteiger partial charge is 0.220 e. The number of hydrogen-bond acceptors (Lipinski definition) is 1. The molecule has 0 saturated carbocycles. The van der Waals surface area contributed by atoms with Crippen molar-refractivity contribution in [3.63, 3.8) is 0 Å². The van der Waals surface area contributed by atoms with Crippen LogP contribution in [0.4, 0.5) is 4.39 Å². The van der Waals surface area contributed by atoms with Crippen LogP contribution >= 0.6 is 0 Å². The number of hydrogen-bond donors (Lipinski definition) is 1. The zero-order valence-corrected chi connectivity index (χ0v) is 10.8. The van der Waals surface area contributed by atoms with Gasteiger partial charge in [-0.3, -0.25) is 4.79 Å². The predicted octanol–water partition coefficient (Wildman–Crippen LogP) is 3.44. The Bertz CT molecular complexity index is 536. The van der Waals surface area contributed by atoms with Crippen molar-refractivity contribution < 1.29 is 9.18 Å². The molecule has 0 heterocycles. The van der Waals surface area contributed by atoms with Crippen LogP contribution in [0.5, 0.6) is 0 Å². The molecule has 1 N–H and O–H groups in total. The minimum atomic E-state index is -0.280. The summed E-state index contributed by atoms with van der Waals surface area (Å²) in [6, 6.07) is 15.6. The highest BCUT2D eigenvalue weighted by molar-refractivity contribution is 5.76. The van der Waals surface area contributed by atoms with Crippen LogP contribution in [-0.4, -0.2) is 5.91 Å². The lowest BCUT2D eigenvalue weighted by Gasteiger charge is -2.19. The highest BCUT2D eigenvalue weighted by Gasteiger charge is 2.15. The Morgan fingerprint density at radius 3 is 2.21 bits per heavy atom. The van der Waals surface area contributed by atoms with E-state index < -0.39 is 0 Å². The Kier molecular flexibility index (Phi) is 4.29. The molecule has 2 aromatic rings. The van der Waals surface area contributed by atoms with Crippen LogP contribution in [0.1, 0.15) is 30.5 Å². The molecule has 2 nitrogen and oxygen atoms in total. The van der Waals surface area contributed by atoms with Crippen LogP contribution < -0.4 is 5.32 Å². The fourth-order valence-electron chi connectivity index (χ4n) is 1.92. The van der Waals surface area contributed by atoms with Crippen LogP contribution in [0.15, 0.2) is 54.6 Å². The zero-order valence-electron chi connectivity index (χ0n) is 10.8. The first-order chi connectivity index (χ1) is 9.20. The number of halogens is 1. The first kappa shape index (κ1) is 13.3. The third-order valence-corrected chi connectivity index (χ3v) is 2.96. The van der Waals surface area contributed by atoms with Crippen molar-refractivity contribution in [1.29, 1.82) is 0 Å². The van der Waals surface area contributed by atoms with Gasteiger partial charge in [0, 0.05) is 6.42 Å². The molecule has 0 aromatic heterocycles. The number of carbonyl (C=O) groups excluding carboxylic acids is 1. The molecular weight excluding hydrogens is 241 g/mol. The summed E-state index contributed by atoms with van der Waals surface area (Å²) in [6.45, 7) is 1.81. The van der Waals surface area contributed by atoms with E-state index in [-0.39, 0.29) is 17.8 Å². The molecule has 1 atom stereocenters. The fraction of sp³-hybridized carbons (Fsp3) is 0.188. The fourth-order valence-corrected chi connectivity index (χ4v) is 1.92. The number of carbonyl (C=O) groups is 1. The maximum atomic E-state index is 13.0. The summed E-state index contributed by atoms with van der Waals surface area (Å²) < 4.78 is 13.0. The summed E-state index contributed by atoms with van der Waals surface area (Å²) in [7, 11) is 0. The van der Waals surface area contributed by atoms with Crippen molar-refractivity contribution in [3.05, 3.63) is 71.5 Å². The van der Waals surface area contributed by atoms with Gasteiger partial charge in [-0.05, 0) is 23.3 Å². The van der Waals surface area contributed by atoms with E-state index in [9.17, 15) is 9.18 Å². The average Bonchev–Trinajstić information content (AvgIpc) is 2.46. The van der Waals surface area contributed by atoms with Gasteiger partial charge in [0.2, 0.25) is 5.91 Å². The molecule has 0 aliphatic carbocycles. The second-order valence-corrected chi connectivity index (χ2v) is 4.32. The molecule has 3 heteroatoms. The third kappa shape index (κ3) is 3.41. The van der Waals surface area contributed by atoms with E-state index >= 15 is 0 Å². The maximum Gasteiger partial charge on any atom is 0.220 e. The van der Waals surface area contributed by atoms with E-state index in [0.717, 1.165) is 11.1 Å². The van der Waals surface area contributed by atoms with Gasteiger partial charge in [-0.15, -0.1) is 0 Å². The Morgan fingerprint density at radius 1 is 1.05 bits per heavy atom. The molecule has 0 fully saturated rings. The van der Waals surface area contributed by atoms with Gasteiger partial charge in [0.15, 0.2) is 0 Å². The molecule has 19 heavy (non-hydrogen) atoms. The molecule has 1 amide bonds. The van der Waals surface area contributed by atoms with Crippen LogP contribution in [0.3, 0.4) is 0 Å². The van der Waals surface area contributed by atoms with E-state index in [0.29, 0.717) is 6.42 Å². The van der Waals surface area contributed by atoms with Gasteiger partial charge in [0.1, 0.15) is 5.82 Å². The van der Waals surface area contributed by atoms with Crippen molar-refractivity contribution >= 4 is 5.91 Å². The summed E-state index contributed by atoms with van der Waals surface area (Å²) >= 11 is 0. The van der Waals surface area contributed by atoms with E-state index in [1.807, 2.05) is 37.3 Å². The Morgan fingerprint density at radius 2 is 1.63 bits per heavy atom. The predicted molar refractivity (Wildman–Crippen MR) is 73.1 cm³/mol. The van der Waals surface area contributed by atoms with E-state index in [4.69, 9.17) is 0 Å². The van der Waals surface area contributed by atoms with Crippen molar-refractivity contribution in [2.45, 2.75) is 19.4 Å². The van der Waals surface area contributed by atoms with Gasteiger partial charge in [-0.2, -0.15) is 0 Å². The van der Waals surface area contributed by atoms with E-state index in [1.54, 1.807) is 12.1 Å². The minimum absolute atomic E-state index is 0.0295. The lowest BCUT2D eigenvalue weighted by atomic mass is 9.98. The third-order valence-electron chi connectivity index (χ3n) is 2.96. The lowest BCUT2D eigenvalue weighted by Crippen LogP contribution is -2.28. The second kappa shape index (κ2) is 6.14. The summed E-state index contributed by atoms with van der Waals surface area (Å²) in [5.41, 5.74) is 1.85. The molecule has 0 radical (unpaired) electrons. The summed E-state index contributed by atoms with van der Waals surface area (Å²) in [5.74, 6) is -0.310. The second-order valence-electron chi connectivity index (χ2n) is 4.32. The van der Waals surface area contributed by atoms with Crippen LogP contribution in [0.25, 0.3) is 0 Å². The summed E-state index contributed by atoms with van der Waals surface area (Å²) in [4.78, 5) is 11.7. The van der Waals surface area contributed by atoms with Gasteiger partial charge < -0.3 is 5.32 Å². The number of nitrogens with one attached hydrogen (secondary N) is 1. The lowest BCUT2D eigenvalue weighted by molar-refractivity contribution is -0.121. The highest BCUT2D eigenvalue weighted by Crippen LogP contribution is 2.22. The van der Waals surface area contributed by atoms with Gasteiger partial charge >= 0.3 is 0 Å². The van der Waals surface area contributed by atoms with Gasteiger partial charge in [-0.1, -0.05) is 49.4 Å². The highest BCUT2D eigenvalue weighted by atomic mass is 19.1. The first-order valence-corrected chi connectivity index (χ1v) is 6.30. The largest absolute Gasteiger partial charge is 0.345 e. The zero-order chi connectivity index (χ0) is 13.7. The molecule has 2 aromatic carbocycles. The molecule has 0 aliphatic heterocycles. The molecular formula is C16H16FNO. The SMILES string of the molecule is CCC(=O)NC(c1ccccc1)c1ccc(F)cc1. The first-order valence-electron chi connectivity index (χ1n) is 6.30. The monoisotopic (exact) mass is 257 g/mol. The Labute approximate surface area is 112 Å². The molecule has 98 valence electrons. The van der Waals surface area contributed by atoms with Gasteiger partial charge in [0.25, 0.3) is 0 Å². The summed E-state index contributed by atoms with van der Waals surface area (Å²) in [6.07, 6.45) is 0.421. The van der Waals surface area contributed by atoms with Crippen LogP contribution in [0.2, 0.25) is 0 Å². The molecule has 1 unspecified atom stereocenters. The van der Waals surface area contributed by atoms with Crippen molar-refractivity contribution in [3.8, 4) is 0 Å². The molecule has 0 aliphatic rings. The van der Waals surface area contributed by atoms with Crippen LogP contribution in [0, 0.1) is 5.82 Å². The standard InChI is InChI=1S/C16H16FNO/c1-2-15(19)18-16(12-6-4-3-5-7-12)13-8-10-14(17)11-9-13/h3-11,16H,2H2,1H3,(H,18,19). The normalized spacial score (nSPS) is 11.9. The Balaban J connectivity index is 2.34. The molecule has 0 bridgehead atoms. The van der Waals surface area contributed by atoms with Crippen molar-refractivity contribution in [1.82, 2.24) is 5.32 Å². The summed E-state index contributed by atoms with van der Waals surface area (Å²) in [5, 5.41) is 2.96. The molecule has 2 rings (SSSR count). The van der Waals surface area contributed by atoms with Crippen molar-refractivity contribution in [2.75, 3.05) is 0 Å². The quantitative estimate of drug-likeness (QED) is 0.893. The van der Waals surface area contributed by atoms with E-state index in [2.05, 4.69) is 5.32 Å². The average molecular weight is 257 g/mol.